The third kappa shape index (κ3) is 3.87. The van der Waals surface area contributed by atoms with Crippen molar-refractivity contribution in [2.45, 2.75) is 50.2 Å². The van der Waals surface area contributed by atoms with E-state index in [1.54, 1.807) is 0 Å². The number of carbonyl (C=O) groups excluding carboxylic acids is 1. The Morgan fingerprint density at radius 1 is 1.27 bits per heavy atom. The lowest BCUT2D eigenvalue weighted by atomic mass is 9.91. The molecule has 4 heteroatoms. The fraction of sp³-hybridized carbons (Fsp3) is 0.611. The van der Waals surface area contributed by atoms with Gasteiger partial charge in [-0.15, -0.1) is 0 Å². The molecule has 0 bridgehead atoms. The van der Waals surface area contributed by atoms with Crippen molar-refractivity contribution in [3.8, 4) is 0 Å². The summed E-state index contributed by atoms with van der Waals surface area (Å²) in [6.07, 6.45) is 5.74. The second kappa shape index (κ2) is 6.80. The standard InChI is InChI=1S/C18H26N2O2/c21-17-18(22,14-19-16-9-10-16)11-5-13-20(17)12-4-8-15-6-2-1-3-7-15/h1-3,6-7,16,19,22H,4-5,8-14H2/t18-/m1/s1. The van der Waals surface area contributed by atoms with Crippen LogP contribution >= 0.6 is 0 Å². The van der Waals surface area contributed by atoms with Gasteiger partial charge in [-0.2, -0.15) is 0 Å². The summed E-state index contributed by atoms with van der Waals surface area (Å²) in [6, 6.07) is 10.9. The lowest BCUT2D eigenvalue weighted by Gasteiger charge is -2.38. The molecule has 0 radical (unpaired) electrons. The van der Waals surface area contributed by atoms with E-state index in [9.17, 15) is 9.90 Å². The van der Waals surface area contributed by atoms with Crippen LogP contribution in [0.4, 0.5) is 0 Å². The highest BCUT2D eigenvalue weighted by Gasteiger charge is 2.42. The van der Waals surface area contributed by atoms with Gasteiger partial charge in [0.05, 0.1) is 0 Å². The zero-order valence-electron chi connectivity index (χ0n) is 13.1. The minimum atomic E-state index is -1.19. The van der Waals surface area contributed by atoms with Gasteiger partial charge in [0.15, 0.2) is 5.60 Å². The van der Waals surface area contributed by atoms with Gasteiger partial charge in [-0.3, -0.25) is 4.79 Å². The van der Waals surface area contributed by atoms with Crippen LogP contribution in [0.2, 0.25) is 0 Å². The number of hydrogen-bond donors (Lipinski definition) is 2. The molecule has 1 heterocycles. The van der Waals surface area contributed by atoms with Crippen molar-refractivity contribution in [3.63, 3.8) is 0 Å². The summed E-state index contributed by atoms with van der Waals surface area (Å²) in [6.45, 7) is 1.92. The van der Waals surface area contributed by atoms with Crippen molar-refractivity contribution in [3.05, 3.63) is 35.9 Å². The molecule has 0 spiro atoms. The summed E-state index contributed by atoms with van der Waals surface area (Å²) in [5, 5.41) is 14.0. The summed E-state index contributed by atoms with van der Waals surface area (Å²) < 4.78 is 0. The van der Waals surface area contributed by atoms with Gasteiger partial charge in [0.25, 0.3) is 5.91 Å². The maximum absolute atomic E-state index is 12.6. The lowest BCUT2D eigenvalue weighted by molar-refractivity contribution is -0.156. The van der Waals surface area contributed by atoms with Gasteiger partial charge in [0.2, 0.25) is 0 Å². The van der Waals surface area contributed by atoms with E-state index in [-0.39, 0.29) is 5.91 Å². The largest absolute Gasteiger partial charge is 0.379 e. The first-order valence-corrected chi connectivity index (χ1v) is 8.46. The zero-order chi connectivity index (χ0) is 15.4. The number of likely N-dealkylation sites (tertiary alicyclic amines) is 1. The van der Waals surface area contributed by atoms with Crippen LogP contribution in [0.3, 0.4) is 0 Å². The molecule has 3 rings (SSSR count). The Morgan fingerprint density at radius 2 is 2.05 bits per heavy atom. The van der Waals surface area contributed by atoms with Crippen molar-refractivity contribution in [1.29, 1.82) is 0 Å². The molecule has 1 aromatic carbocycles. The van der Waals surface area contributed by atoms with Crippen LogP contribution in [0.15, 0.2) is 30.3 Å². The summed E-state index contributed by atoms with van der Waals surface area (Å²) in [7, 11) is 0. The van der Waals surface area contributed by atoms with Gasteiger partial charge in [-0.05, 0) is 44.1 Å². The number of hydrogen-bond acceptors (Lipinski definition) is 3. The van der Waals surface area contributed by atoms with Crippen molar-refractivity contribution in [1.82, 2.24) is 10.2 Å². The molecule has 1 aliphatic carbocycles. The van der Waals surface area contributed by atoms with E-state index < -0.39 is 5.60 Å². The summed E-state index contributed by atoms with van der Waals surface area (Å²) in [5.41, 5.74) is 0.116. The Labute approximate surface area is 132 Å². The van der Waals surface area contributed by atoms with Crippen molar-refractivity contribution in [2.24, 2.45) is 0 Å². The van der Waals surface area contributed by atoms with Gasteiger partial charge >= 0.3 is 0 Å². The Balaban J connectivity index is 1.48. The van der Waals surface area contributed by atoms with Crippen LogP contribution in [0.1, 0.15) is 37.7 Å². The molecule has 2 fully saturated rings. The molecule has 0 unspecified atom stereocenters. The minimum Gasteiger partial charge on any atom is -0.379 e. The van der Waals surface area contributed by atoms with Gasteiger partial charge in [0.1, 0.15) is 0 Å². The minimum absolute atomic E-state index is 0.0834. The maximum Gasteiger partial charge on any atom is 0.255 e. The predicted molar refractivity (Wildman–Crippen MR) is 86.6 cm³/mol. The van der Waals surface area contributed by atoms with Crippen molar-refractivity contribution in [2.75, 3.05) is 19.6 Å². The highest BCUT2D eigenvalue weighted by molar-refractivity contribution is 5.86. The normalized spacial score (nSPS) is 25.5. The van der Waals surface area contributed by atoms with E-state index in [2.05, 4.69) is 17.4 Å². The number of nitrogens with one attached hydrogen (secondary N) is 1. The van der Waals surface area contributed by atoms with Crippen LogP contribution in [0, 0.1) is 0 Å². The van der Waals surface area contributed by atoms with Crippen molar-refractivity contribution < 1.29 is 9.90 Å². The first kappa shape index (κ1) is 15.5. The van der Waals surface area contributed by atoms with E-state index in [1.807, 2.05) is 23.1 Å². The molecule has 1 atom stereocenters. The number of nitrogens with zero attached hydrogens (tertiary/aromatic N) is 1. The van der Waals surface area contributed by atoms with Gasteiger partial charge in [-0.25, -0.2) is 0 Å². The Kier molecular flexibility index (Phi) is 4.79. The molecular formula is C18H26N2O2. The monoisotopic (exact) mass is 302 g/mol. The molecule has 120 valence electrons. The van der Waals surface area contributed by atoms with Crippen molar-refractivity contribution >= 4 is 5.91 Å². The molecule has 22 heavy (non-hydrogen) atoms. The zero-order valence-corrected chi connectivity index (χ0v) is 13.1. The third-order valence-corrected chi connectivity index (χ3v) is 4.70. The van der Waals surface area contributed by atoms with Crippen LogP contribution in [0.25, 0.3) is 0 Å². The van der Waals surface area contributed by atoms with E-state index in [0.717, 1.165) is 32.4 Å². The van der Waals surface area contributed by atoms with E-state index in [1.165, 1.54) is 18.4 Å². The van der Waals surface area contributed by atoms with E-state index in [0.29, 0.717) is 19.0 Å². The molecule has 1 saturated carbocycles. The predicted octanol–water partition coefficient (Wildman–Crippen LogP) is 1.72. The molecular weight excluding hydrogens is 276 g/mol. The average Bonchev–Trinajstić information content (AvgIpc) is 3.35. The second-order valence-electron chi connectivity index (χ2n) is 6.67. The molecule has 2 N–H and O–H groups in total. The molecule has 1 aromatic rings. The fourth-order valence-electron chi connectivity index (χ4n) is 3.16. The lowest BCUT2D eigenvalue weighted by Crippen LogP contribution is -2.58. The highest BCUT2D eigenvalue weighted by atomic mass is 16.3. The van der Waals surface area contributed by atoms with Gasteiger partial charge < -0.3 is 15.3 Å². The van der Waals surface area contributed by atoms with E-state index in [4.69, 9.17) is 0 Å². The molecule has 1 aliphatic heterocycles. The number of carbonyl (C=O) groups is 1. The quantitative estimate of drug-likeness (QED) is 0.806. The van der Waals surface area contributed by atoms with Gasteiger partial charge in [0, 0.05) is 25.7 Å². The number of aryl methyl sites for hydroxylation is 1. The number of piperidine rings is 1. The first-order valence-electron chi connectivity index (χ1n) is 8.46. The van der Waals surface area contributed by atoms with E-state index >= 15 is 0 Å². The topological polar surface area (TPSA) is 52.6 Å². The molecule has 4 nitrogen and oxygen atoms in total. The number of aliphatic hydroxyl groups is 1. The summed E-state index contributed by atoms with van der Waals surface area (Å²) in [5.74, 6) is -0.0834. The second-order valence-corrected chi connectivity index (χ2v) is 6.67. The third-order valence-electron chi connectivity index (χ3n) is 4.70. The highest BCUT2D eigenvalue weighted by Crippen LogP contribution is 2.25. The Bertz CT molecular complexity index is 501. The number of benzene rings is 1. The van der Waals surface area contributed by atoms with Crippen LogP contribution in [0.5, 0.6) is 0 Å². The average molecular weight is 302 g/mol. The van der Waals surface area contributed by atoms with Gasteiger partial charge in [-0.1, -0.05) is 30.3 Å². The molecule has 1 amide bonds. The van der Waals surface area contributed by atoms with Crippen LogP contribution in [-0.4, -0.2) is 47.2 Å². The maximum atomic E-state index is 12.6. The molecule has 2 aliphatic rings. The molecule has 0 aromatic heterocycles. The number of amides is 1. The smallest absolute Gasteiger partial charge is 0.255 e. The summed E-state index contributed by atoms with van der Waals surface area (Å²) in [4.78, 5) is 14.4. The SMILES string of the molecule is O=C1N(CCCc2ccccc2)CCC[C@@]1(O)CNC1CC1. The fourth-order valence-corrected chi connectivity index (χ4v) is 3.16. The summed E-state index contributed by atoms with van der Waals surface area (Å²) >= 11 is 0. The van der Waals surface area contributed by atoms with Crippen LogP contribution in [-0.2, 0) is 11.2 Å². The Morgan fingerprint density at radius 3 is 2.77 bits per heavy atom. The Hall–Kier alpha value is -1.39. The van der Waals surface area contributed by atoms with Crippen LogP contribution < -0.4 is 5.32 Å². The first-order chi connectivity index (χ1) is 10.7. The number of rotatable bonds is 7. The molecule has 1 saturated heterocycles.